The van der Waals surface area contributed by atoms with Crippen molar-refractivity contribution in [1.82, 2.24) is 9.55 Å². The maximum Gasteiger partial charge on any atom is 0.203 e. The molecule has 0 amide bonds. The summed E-state index contributed by atoms with van der Waals surface area (Å²) < 4.78 is 2.27. The fourth-order valence-corrected chi connectivity index (χ4v) is 3.26. The van der Waals surface area contributed by atoms with E-state index in [-0.39, 0.29) is 0 Å². The van der Waals surface area contributed by atoms with Gasteiger partial charge in [-0.05, 0) is 38.8 Å². The molecule has 96 valence electrons. The molecule has 3 rings (SSSR count). The van der Waals surface area contributed by atoms with Crippen molar-refractivity contribution in [2.24, 2.45) is 0 Å². The molecule has 0 aliphatic heterocycles. The summed E-state index contributed by atoms with van der Waals surface area (Å²) in [6.45, 7) is 4.38. The van der Waals surface area contributed by atoms with Crippen LogP contribution in [0, 0.1) is 6.92 Å². The van der Waals surface area contributed by atoms with E-state index in [1.165, 1.54) is 22.6 Å². The molecule has 1 N–H and O–H groups in total. The molecule has 1 fully saturated rings. The van der Waals surface area contributed by atoms with E-state index in [0.717, 1.165) is 12.4 Å². The quantitative estimate of drug-likeness (QED) is 0.890. The maximum absolute atomic E-state index is 4.42. The number of aryl methyl sites for hydroxylation is 1. The largest absolute Gasteiger partial charge is 0.353 e. The number of rotatable bonds is 5. The van der Waals surface area contributed by atoms with E-state index in [1.807, 2.05) is 17.5 Å². The van der Waals surface area contributed by atoms with Crippen LogP contribution in [-0.2, 0) is 6.42 Å². The van der Waals surface area contributed by atoms with Crippen LogP contribution in [0.25, 0.3) is 0 Å². The summed E-state index contributed by atoms with van der Waals surface area (Å²) in [5.41, 5.74) is 0. The summed E-state index contributed by atoms with van der Waals surface area (Å²) in [5, 5.41) is 3.53. The second kappa shape index (κ2) is 4.76. The second-order valence-electron chi connectivity index (χ2n) is 5.15. The van der Waals surface area contributed by atoms with Gasteiger partial charge in [-0.2, -0.15) is 0 Å². The van der Waals surface area contributed by atoms with Crippen LogP contribution < -0.4 is 5.32 Å². The lowest BCUT2D eigenvalue weighted by molar-refractivity contribution is 0.713. The summed E-state index contributed by atoms with van der Waals surface area (Å²) >= 11 is 1.88. The van der Waals surface area contributed by atoms with E-state index in [0.29, 0.717) is 12.1 Å². The molecule has 1 aliphatic carbocycles. The summed E-state index contributed by atoms with van der Waals surface area (Å²) in [6.07, 6.45) is 7.63. The molecule has 1 atom stereocenters. The van der Waals surface area contributed by atoms with E-state index in [9.17, 15) is 0 Å². The van der Waals surface area contributed by atoms with Crippen molar-refractivity contribution in [3.8, 4) is 0 Å². The van der Waals surface area contributed by atoms with Crippen LogP contribution in [0.15, 0.2) is 24.5 Å². The zero-order valence-electron chi connectivity index (χ0n) is 10.9. The van der Waals surface area contributed by atoms with Crippen molar-refractivity contribution in [3.05, 3.63) is 34.3 Å². The molecule has 0 aromatic carbocycles. The zero-order valence-corrected chi connectivity index (χ0v) is 11.7. The fourth-order valence-electron chi connectivity index (χ4n) is 2.24. The molecule has 2 aromatic rings. The van der Waals surface area contributed by atoms with E-state index < -0.39 is 0 Å². The molecule has 18 heavy (non-hydrogen) atoms. The highest BCUT2D eigenvalue weighted by Gasteiger charge is 2.25. The third-order valence-electron chi connectivity index (χ3n) is 3.29. The number of aromatic nitrogens is 2. The van der Waals surface area contributed by atoms with E-state index >= 15 is 0 Å². The van der Waals surface area contributed by atoms with E-state index in [1.54, 1.807) is 0 Å². The molecule has 3 nitrogen and oxygen atoms in total. The first-order valence-electron chi connectivity index (χ1n) is 6.57. The Balaban J connectivity index is 1.63. The number of thiophene rings is 1. The fraction of sp³-hybridized carbons (Fsp3) is 0.500. The Labute approximate surface area is 112 Å². The van der Waals surface area contributed by atoms with Crippen molar-refractivity contribution >= 4 is 17.3 Å². The minimum atomic E-state index is 0.419. The molecular weight excluding hydrogens is 242 g/mol. The van der Waals surface area contributed by atoms with Crippen LogP contribution in [-0.4, -0.2) is 15.6 Å². The van der Waals surface area contributed by atoms with Gasteiger partial charge in [0.25, 0.3) is 0 Å². The molecule has 0 radical (unpaired) electrons. The van der Waals surface area contributed by atoms with Crippen LogP contribution in [0.4, 0.5) is 5.95 Å². The van der Waals surface area contributed by atoms with Gasteiger partial charge in [-0.1, -0.05) is 0 Å². The Morgan fingerprint density at radius 3 is 3.00 bits per heavy atom. The third-order valence-corrected chi connectivity index (χ3v) is 4.31. The average molecular weight is 261 g/mol. The van der Waals surface area contributed by atoms with Crippen LogP contribution in [0.1, 0.15) is 35.6 Å². The molecule has 4 heteroatoms. The summed E-state index contributed by atoms with van der Waals surface area (Å²) in [4.78, 5) is 7.25. The van der Waals surface area contributed by atoms with Gasteiger partial charge in [-0.15, -0.1) is 11.3 Å². The summed E-state index contributed by atoms with van der Waals surface area (Å²) in [5.74, 6) is 1.03. The molecule has 0 saturated heterocycles. The van der Waals surface area contributed by atoms with Gasteiger partial charge >= 0.3 is 0 Å². The molecule has 0 bridgehead atoms. The smallest absolute Gasteiger partial charge is 0.203 e. The van der Waals surface area contributed by atoms with Crippen molar-refractivity contribution in [2.75, 3.05) is 5.32 Å². The first-order valence-corrected chi connectivity index (χ1v) is 7.38. The average Bonchev–Trinajstić information content (AvgIpc) is 2.94. The molecule has 1 unspecified atom stereocenters. The number of imidazole rings is 1. The Bertz CT molecular complexity index is 525. The highest BCUT2D eigenvalue weighted by Crippen LogP contribution is 2.36. The Morgan fingerprint density at radius 2 is 2.33 bits per heavy atom. The first kappa shape index (κ1) is 11.8. The van der Waals surface area contributed by atoms with Crippen molar-refractivity contribution in [1.29, 1.82) is 0 Å². The van der Waals surface area contributed by atoms with Gasteiger partial charge in [0.05, 0.1) is 0 Å². The summed E-state index contributed by atoms with van der Waals surface area (Å²) in [6, 6.07) is 5.53. The molecule has 2 aromatic heterocycles. The van der Waals surface area contributed by atoms with Crippen LogP contribution in [0.5, 0.6) is 0 Å². The number of hydrogen-bond acceptors (Lipinski definition) is 3. The van der Waals surface area contributed by atoms with Crippen LogP contribution in [0.2, 0.25) is 0 Å². The highest BCUT2D eigenvalue weighted by molar-refractivity contribution is 7.11. The van der Waals surface area contributed by atoms with Gasteiger partial charge in [0.15, 0.2) is 0 Å². The van der Waals surface area contributed by atoms with Gasteiger partial charge in [0.2, 0.25) is 5.95 Å². The minimum Gasteiger partial charge on any atom is -0.353 e. The van der Waals surface area contributed by atoms with Crippen molar-refractivity contribution in [2.45, 2.75) is 45.2 Å². The Kier molecular flexibility index (Phi) is 3.12. The third kappa shape index (κ3) is 2.58. The Hall–Kier alpha value is -1.29. The first-order chi connectivity index (χ1) is 8.72. The minimum absolute atomic E-state index is 0.419. The standard InChI is InChI=1S/C14H19N3S/c1-10(9-13-6-3-11(2)18-13)16-14-15-7-8-17(14)12-4-5-12/h3,6-8,10,12H,4-5,9H2,1-2H3,(H,15,16). The number of nitrogens with one attached hydrogen (secondary N) is 1. The number of hydrogen-bond donors (Lipinski definition) is 1. The van der Waals surface area contributed by atoms with Crippen molar-refractivity contribution < 1.29 is 0 Å². The lowest BCUT2D eigenvalue weighted by Crippen LogP contribution is -2.20. The van der Waals surface area contributed by atoms with Gasteiger partial charge in [0, 0.05) is 40.7 Å². The monoisotopic (exact) mass is 261 g/mol. The zero-order chi connectivity index (χ0) is 12.5. The van der Waals surface area contributed by atoms with Gasteiger partial charge in [-0.25, -0.2) is 4.98 Å². The van der Waals surface area contributed by atoms with E-state index in [4.69, 9.17) is 0 Å². The molecule has 1 saturated carbocycles. The predicted molar refractivity (Wildman–Crippen MR) is 76.3 cm³/mol. The van der Waals surface area contributed by atoms with Gasteiger partial charge in [0.1, 0.15) is 0 Å². The van der Waals surface area contributed by atoms with Gasteiger partial charge in [-0.3, -0.25) is 0 Å². The summed E-state index contributed by atoms with van der Waals surface area (Å²) in [7, 11) is 0. The van der Waals surface area contributed by atoms with Crippen molar-refractivity contribution in [3.63, 3.8) is 0 Å². The topological polar surface area (TPSA) is 29.9 Å². The molecule has 1 aliphatic rings. The SMILES string of the molecule is Cc1ccc(CC(C)Nc2nccn2C2CC2)s1. The lowest BCUT2D eigenvalue weighted by Gasteiger charge is -2.15. The van der Waals surface area contributed by atoms with E-state index in [2.05, 4.69) is 47.0 Å². The molecule has 2 heterocycles. The highest BCUT2D eigenvalue weighted by atomic mass is 32.1. The molecule has 0 spiro atoms. The number of nitrogens with zero attached hydrogens (tertiary/aromatic N) is 2. The van der Waals surface area contributed by atoms with Crippen LogP contribution in [0.3, 0.4) is 0 Å². The molecular formula is C14H19N3S. The normalized spacial score (nSPS) is 16.8. The van der Waals surface area contributed by atoms with Crippen LogP contribution >= 0.6 is 11.3 Å². The van der Waals surface area contributed by atoms with Gasteiger partial charge < -0.3 is 9.88 Å². The lowest BCUT2D eigenvalue weighted by atomic mass is 10.2. The second-order valence-corrected chi connectivity index (χ2v) is 6.52. The Morgan fingerprint density at radius 1 is 1.50 bits per heavy atom. The number of anilines is 1. The maximum atomic E-state index is 4.42. The predicted octanol–water partition coefficient (Wildman–Crippen LogP) is 3.63.